The van der Waals surface area contributed by atoms with Gasteiger partial charge in [0.2, 0.25) is 0 Å². The molecule has 1 unspecified atom stereocenters. The Morgan fingerprint density at radius 2 is 2.08 bits per heavy atom. The van der Waals surface area contributed by atoms with Crippen molar-refractivity contribution in [1.82, 2.24) is 4.98 Å². The number of nitrogens with two attached hydrogens (primary N) is 1. The van der Waals surface area contributed by atoms with Crippen molar-refractivity contribution in [2.24, 2.45) is 11.7 Å². The van der Waals surface area contributed by atoms with Crippen molar-refractivity contribution in [3.8, 4) is 11.3 Å². The molecule has 2 fully saturated rings. The van der Waals surface area contributed by atoms with Crippen molar-refractivity contribution >= 4 is 17.1 Å². The predicted octanol–water partition coefficient (Wildman–Crippen LogP) is 3.86. The second-order valence-electron chi connectivity index (χ2n) is 8.53. The molecule has 5 nitrogen and oxygen atoms in total. The summed E-state index contributed by atoms with van der Waals surface area (Å²) in [5, 5.41) is 0. The van der Waals surface area contributed by atoms with E-state index in [1.807, 2.05) is 0 Å². The van der Waals surface area contributed by atoms with E-state index in [4.69, 9.17) is 10.2 Å². The Labute approximate surface area is 154 Å². The first-order valence-electron chi connectivity index (χ1n) is 9.54. The lowest BCUT2D eigenvalue weighted by atomic mass is 9.88. The molecular formula is C21H26N4O. The summed E-state index contributed by atoms with van der Waals surface area (Å²) >= 11 is 0. The maximum Gasteiger partial charge on any atom is 0.182 e. The highest BCUT2D eigenvalue weighted by Crippen LogP contribution is 2.49. The molecule has 136 valence electrons. The van der Waals surface area contributed by atoms with Gasteiger partial charge in [-0.05, 0) is 57.2 Å². The van der Waals surface area contributed by atoms with Crippen molar-refractivity contribution in [3.05, 3.63) is 36.9 Å². The normalized spacial score (nSPS) is 22.6. The van der Waals surface area contributed by atoms with E-state index in [0.717, 1.165) is 42.2 Å². The van der Waals surface area contributed by atoms with Crippen molar-refractivity contribution in [1.29, 1.82) is 0 Å². The van der Waals surface area contributed by atoms with Gasteiger partial charge >= 0.3 is 0 Å². The molecule has 2 aliphatic heterocycles. The Bertz CT molecular complexity index is 874. The van der Waals surface area contributed by atoms with Crippen LogP contribution >= 0.6 is 0 Å². The summed E-state index contributed by atoms with van der Waals surface area (Å²) in [6.07, 6.45) is 5.09. The minimum atomic E-state index is -0.133. The Balaban J connectivity index is 1.54. The zero-order valence-electron chi connectivity index (χ0n) is 15.5. The molecule has 1 saturated heterocycles. The van der Waals surface area contributed by atoms with Crippen LogP contribution in [-0.2, 0) is 0 Å². The van der Waals surface area contributed by atoms with Gasteiger partial charge in [0.25, 0.3) is 0 Å². The van der Waals surface area contributed by atoms with Crippen LogP contribution in [0.3, 0.4) is 0 Å². The van der Waals surface area contributed by atoms with Crippen LogP contribution in [0.2, 0.25) is 0 Å². The first kappa shape index (κ1) is 15.9. The molecule has 1 aromatic heterocycles. The van der Waals surface area contributed by atoms with Gasteiger partial charge in [0, 0.05) is 35.9 Å². The molecule has 2 N–H and O–H groups in total. The highest BCUT2D eigenvalue weighted by molar-refractivity contribution is 5.96. The third-order valence-electron chi connectivity index (χ3n) is 6.13. The van der Waals surface area contributed by atoms with Gasteiger partial charge in [0.1, 0.15) is 5.69 Å². The minimum absolute atomic E-state index is 0.133. The predicted molar refractivity (Wildman–Crippen MR) is 105 cm³/mol. The molecule has 5 rings (SSSR count). The smallest absolute Gasteiger partial charge is 0.182 e. The third-order valence-corrected chi connectivity index (χ3v) is 6.13. The van der Waals surface area contributed by atoms with E-state index in [1.54, 1.807) is 0 Å². The number of rotatable bonds is 3. The molecule has 2 aromatic rings. The maximum atomic E-state index is 6.36. The summed E-state index contributed by atoms with van der Waals surface area (Å²) in [5.74, 6) is 1.37. The number of benzene rings is 1. The Morgan fingerprint density at radius 3 is 2.77 bits per heavy atom. The van der Waals surface area contributed by atoms with E-state index in [1.165, 1.54) is 30.6 Å². The molecule has 0 radical (unpaired) electrons. The quantitative estimate of drug-likeness (QED) is 0.911. The Morgan fingerprint density at radius 1 is 1.27 bits per heavy atom. The highest BCUT2D eigenvalue weighted by atomic mass is 16.3. The fourth-order valence-corrected chi connectivity index (χ4v) is 4.36. The van der Waals surface area contributed by atoms with E-state index in [2.05, 4.69) is 53.4 Å². The molecule has 1 saturated carbocycles. The number of anilines is 2. The second kappa shape index (κ2) is 5.36. The van der Waals surface area contributed by atoms with Crippen LogP contribution in [0.5, 0.6) is 0 Å². The van der Waals surface area contributed by atoms with E-state index in [0.29, 0.717) is 12.0 Å². The summed E-state index contributed by atoms with van der Waals surface area (Å²) in [6, 6.07) is 7.22. The zero-order valence-corrected chi connectivity index (χ0v) is 15.5. The third kappa shape index (κ3) is 2.37. The van der Waals surface area contributed by atoms with Crippen LogP contribution in [0.15, 0.2) is 35.6 Å². The number of aromatic nitrogens is 1. The molecule has 0 amide bonds. The lowest BCUT2D eigenvalue weighted by Crippen LogP contribution is -2.42. The summed E-state index contributed by atoms with van der Waals surface area (Å²) in [4.78, 5) is 9.23. The Kier molecular flexibility index (Phi) is 3.29. The summed E-state index contributed by atoms with van der Waals surface area (Å²) in [6.45, 7) is 10.7. The van der Waals surface area contributed by atoms with E-state index in [-0.39, 0.29) is 5.54 Å². The summed E-state index contributed by atoms with van der Waals surface area (Å²) < 4.78 is 5.70. The van der Waals surface area contributed by atoms with Crippen molar-refractivity contribution in [2.75, 3.05) is 22.9 Å². The number of hydrogen-bond donors (Lipinski definition) is 1. The maximum absolute atomic E-state index is 6.36. The lowest BCUT2D eigenvalue weighted by Gasteiger charge is -2.33. The molecule has 1 aromatic carbocycles. The first-order valence-corrected chi connectivity index (χ1v) is 9.54. The fourth-order valence-electron chi connectivity index (χ4n) is 4.36. The van der Waals surface area contributed by atoms with Crippen LogP contribution in [-0.4, -0.2) is 29.7 Å². The molecule has 0 spiro atoms. The van der Waals surface area contributed by atoms with Gasteiger partial charge in [0.15, 0.2) is 12.2 Å². The lowest BCUT2D eigenvalue weighted by molar-refractivity contribution is 0.348. The monoisotopic (exact) mass is 350 g/mol. The molecule has 0 bridgehead atoms. The van der Waals surface area contributed by atoms with Crippen LogP contribution in [0.25, 0.3) is 17.0 Å². The minimum Gasteiger partial charge on any atom is -0.443 e. The first-order chi connectivity index (χ1) is 12.4. The summed E-state index contributed by atoms with van der Waals surface area (Å²) in [7, 11) is 0. The van der Waals surface area contributed by atoms with Gasteiger partial charge in [-0.2, -0.15) is 0 Å². The van der Waals surface area contributed by atoms with Crippen LogP contribution in [0, 0.1) is 5.92 Å². The van der Waals surface area contributed by atoms with Gasteiger partial charge in [-0.3, -0.25) is 0 Å². The highest BCUT2D eigenvalue weighted by Gasteiger charge is 2.39. The number of oxazole rings is 1. The van der Waals surface area contributed by atoms with Crippen LogP contribution in [0.1, 0.15) is 38.8 Å². The van der Waals surface area contributed by atoms with E-state index >= 15 is 0 Å². The molecule has 3 heterocycles. The van der Waals surface area contributed by atoms with E-state index < -0.39 is 0 Å². The molecule has 1 aliphatic carbocycles. The second-order valence-corrected chi connectivity index (χ2v) is 8.53. The van der Waals surface area contributed by atoms with Gasteiger partial charge in [-0.1, -0.05) is 6.58 Å². The van der Waals surface area contributed by atoms with Crippen LogP contribution < -0.4 is 15.5 Å². The zero-order chi connectivity index (χ0) is 18.1. The SMILES string of the molecule is C=C1c2ncoc2-c2ccc(N3CCC(C(C)(C)N)C3)cc2N1C1CC1. The van der Waals surface area contributed by atoms with Crippen molar-refractivity contribution < 1.29 is 4.42 Å². The van der Waals surface area contributed by atoms with Crippen LogP contribution in [0.4, 0.5) is 11.4 Å². The molecule has 3 aliphatic rings. The van der Waals surface area contributed by atoms with Gasteiger partial charge < -0.3 is 20.0 Å². The number of nitrogens with zero attached hydrogens (tertiary/aromatic N) is 3. The molecule has 5 heteroatoms. The van der Waals surface area contributed by atoms with Crippen molar-refractivity contribution in [3.63, 3.8) is 0 Å². The molecule has 1 atom stereocenters. The molecule has 26 heavy (non-hydrogen) atoms. The largest absolute Gasteiger partial charge is 0.443 e. The average Bonchev–Trinajstić information content (AvgIpc) is 3.12. The fraction of sp³-hybridized carbons (Fsp3) is 0.476. The molecular weight excluding hydrogens is 324 g/mol. The van der Waals surface area contributed by atoms with E-state index in [9.17, 15) is 0 Å². The van der Waals surface area contributed by atoms with Gasteiger partial charge in [-0.15, -0.1) is 0 Å². The van der Waals surface area contributed by atoms with Crippen molar-refractivity contribution in [2.45, 2.75) is 44.7 Å². The number of fused-ring (bicyclic) bond motifs is 3. The topological polar surface area (TPSA) is 58.5 Å². The van der Waals surface area contributed by atoms with Gasteiger partial charge in [-0.25, -0.2) is 4.98 Å². The standard InChI is InChI=1S/C21H26N4O/c1-13-19-20(26-12-23-19)17-7-6-16(10-18(17)25(13)15-4-5-15)24-9-8-14(11-24)21(2,3)22/h6-7,10,12,14-15H,1,4-5,8-9,11,22H2,2-3H3. The average molecular weight is 350 g/mol. The Hall–Kier alpha value is -2.27. The summed E-state index contributed by atoms with van der Waals surface area (Å²) in [5.41, 5.74) is 11.6. The van der Waals surface area contributed by atoms with Gasteiger partial charge in [0.05, 0.1) is 11.4 Å². The number of hydrogen-bond acceptors (Lipinski definition) is 5.